The van der Waals surface area contributed by atoms with Crippen LogP contribution in [0.25, 0.3) is 22.6 Å². The summed E-state index contributed by atoms with van der Waals surface area (Å²) in [7, 11) is 2.95. The molecule has 14 heteroatoms. The quantitative estimate of drug-likeness (QED) is 0.254. The highest BCUT2D eigenvalue weighted by Crippen LogP contribution is 2.46. The normalized spacial score (nSPS) is 15.2. The molecule has 1 saturated carbocycles. The van der Waals surface area contributed by atoms with E-state index in [2.05, 4.69) is 15.0 Å². The number of carbonyl (C=O) groups excluding carboxylic acids is 1. The molecule has 0 bridgehead atoms. The first-order valence-corrected chi connectivity index (χ1v) is 13.8. The van der Waals surface area contributed by atoms with Crippen molar-refractivity contribution in [1.82, 2.24) is 29.3 Å². The molecular weight excluding hydrogens is 575 g/mol. The van der Waals surface area contributed by atoms with Crippen LogP contribution in [0.4, 0.5) is 19.0 Å². The summed E-state index contributed by atoms with van der Waals surface area (Å²) in [5.74, 6) is 1.50. The molecule has 4 aromatic rings. The van der Waals surface area contributed by atoms with Crippen LogP contribution >= 0.6 is 11.6 Å². The van der Waals surface area contributed by atoms with Gasteiger partial charge in [-0.3, -0.25) is 9.69 Å². The Kier molecular flexibility index (Phi) is 7.08. The van der Waals surface area contributed by atoms with E-state index in [4.69, 9.17) is 26.2 Å². The van der Waals surface area contributed by atoms with Crippen molar-refractivity contribution in [3.8, 4) is 34.3 Å². The zero-order chi connectivity index (χ0) is 29.8. The van der Waals surface area contributed by atoms with E-state index in [0.717, 1.165) is 30.3 Å². The molecular formula is C28H27ClF3N7O3. The van der Waals surface area contributed by atoms with Crippen LogP contribution in [-0.4, -0.2) is 49.4 Å². The van der Waals surface area contributed by atoms with Gasteiger partial charge in [-0.05, 0) is 37.5 Å². The van der Waals surface area contributed by atoms with Gasteiger partial charge in [0.1, 0.15) is 29.4 Å². The highest BCUT2D eigenvalue weighted by molar-refractivity contribution is 6.33. The van der Waals surface area contributed by atoms with Crippen LogP contribution in [0.2, 0.25) is 5.02 Å². The Hall–Kier alpha value is -4.13. The van der Waals surface area contributed by atoms with E-state index in [1.54, 1.807) is 35.7 Å². The molecule has 1 aromatic carbocycles. The third kappa shape index (κ3) is 4.95. The standard InChI is InChI=1S/C28H27ClF3N7O3/c1-4-37-13-20(28(30,31)32)35-26(37)23-17(29)9-15(10-19(23)41-2)12-38-21-11-18(36-39(21)8-7-22(38)40)24-25(16-5-6-16)33-14-34-27(24)42-3/h9-11,13-14,16H,4-8,12H2,1-3H3. The van der Waals surface area contributed by atoms with Crippen molar-refractivity contribution in [3.05, 3.63) is 52.7 Å². The van der Waals surface area contributed by atoms with Gasteiger partial charge in [0.25, 0.3) is 0 Å². The summed E-state index contributed by atoms with van der Waals surface area (Å²) in [5, 5.41) is 4.93. The Morgan fingerprint density at radius 1 is 1.10 bits per heavy atom. The van der Waals surface area contributed by atoms with Gasteiger partial charge in [-0.15, -0.1) is 0 Å². The van der Waals surface area contributed by atoms with Crippen LogP contribution in [-0.2, 0) is 30.6 Å². The number of nitrogens with zero attached hydrogens (tertiary/aromatic N) is 7. The van der Waals surface area contributed by atoms with E-state index >= 15 is 0 Å². The third-order valence-corrected chi connectivity index (χ3v) is 7.73. The maximum absolute atomic E-state index is 13.4. The van der Waals surface area contributed by atoms with Crippen molar-refractivity contribution >= 4 is 23.3 Å². The number of carbonyl (C=O) groups is 1. The zero-order valence-electron chi connectivity index (χ0n) is 23.1. The highest BCUT2D eigenvalue weighted by atomic mass is 35.5. The number of amides is 1. The van der Waals surface area contributed by atoms with Crippen LogP contribution in [0.5, 0.6) is 11.6 Å². The number of hydrogen-bond acceptors (Lipinski definition) is 7. The fraction of sp³-hybridized carbons (Fsp3) is 0.393. The molecule has 1 aliphatic carbocycles. The van der Waals surface area contributed by atoms with Crippen LogP contribution in [0.3, 0.4) is 0 Å². The van der Waals surface area contributed by atoms with Crippen LogP contribution in [0, 0.1) is 0 Å². The van der Waals surface area contributed by atoms with Crippen molar-refractivity contribution in [3.63, 3.8) is 0 Å². The molecule has 0 N–H and O–H groups in total. The Bertz CT molecular complexity index is 1680. The molecule has 0 unspecified atom stereocenters. The van der Waals surface area contributed by atoms with Gasteiger partial charge in [-0.1, -0.05) is 11.6 Å². The first kappa shape index (κ1) is 28.0. The summed E-state index contributed by atoms with van der Waals surface area (Å²) in [6.45, 7) is 2.50. The van der Waals surface area contributed by atoms with E-state index in [9.17, 15) is 18.0 Å². The second-order valence-corrected chi connectivity index (χ2v) is 10.6. The molecule has 1 aliphatic heterocycles. The van der Waals surface area contributed by atoms with Crippen molar-refractivity contribution in [2.24, 2.45) is 0 Å². The minimum atomic E-state index is -4.61. The SMILES string of the molecule is CCn1cc(C(F)(F)F)nc1-c1c(Cl)cc(CN2C(=O)CCn3nc(-c4c(OC)ncnc4C4CC4)cc32)cc1OC. The average Bonchev–Trinajstić information content (AvgIpc) is 3.57. The first-order chi connectivity index (χ1) is 20.1. The first-order valence-electron chi connectivity index (χ1n) is 13.4. The molecule has 0 atom stereocenters. The molecule has 10 nitrogen and oxygen atoms in total. The number of rotatable bonds is 8. The lowest BCUT2D eigenvalue weighted by Crippen LogP contribution is -2.36. The number of halogens is 4. The lowest BCUT2D eigenvalue weighted by Gasteiger charge is -2.28. The number of anilines is 1. The van der Waals surface area contributed by atoms with E-state index in [1.807, 2.05) is 6.07 Å². The molecule has 4 heterocycles. The zero-order valence-corrected chi connectivity index (χ0v) is 23.8. The molecule has 220 valence electrons. The monoisotopic (exact) mass is 601 g/mol. The minimum Gasteiger partial charge on any atom is -0.496 e. The number of benzene rings is 1. The average molecular weight is 602 g/mol. The predicted octanol–water partition coefficient (Wildman–Crippen LogP) is 5.73. The lowest BCUT2D eigenvalue weighted by molar-refractivity contribution is -0.140. The van der Waals surface area contributed by atoms with Gasteiger partial charge < -0.3 is 14.0 Å². The molecule has 0 spiro atoms. The van der Waals surface area contributed by atoms with Gasteiger partial charge in [0.15, 0.2) is 5.69 Å². The number of aryl methyl sites for hydroxylation is 2. The molecule has 3 aromatic heterocycles. The Morgan fingerprint density at radius 3 is 2.55 bits per heavy atom. The van der Waals surface area contributed by atoms with E-state index < -0.39 is 11.9 Å². The van der Waals surface area contributed by atoms with Crippen molar-refractivity contribution in [2.75, 3.05) is 19.1 Å². The molecule has 42 heavy (non-hydrogen) atoms. The van der Waals surface area contributed by atoms with Gasteiger partial charge in [0.2, 0.25) is 11.8 Å². The predicted molar refractivity (Wildman–Crippen MR) is 147 cm³/mol. The summed E-state index contributed by atoms with van der Waals surface area (Å²) in [4.78, 5) is 27.4. The Balaban J connectivity index is 1.37. The molecule has 0 radical (unpaired) electrons. The van der Waals surface area contributed by atoms with E-state index in [-0.39, 0.29) is 47.6 Å². The Labute approximate surface area is 244 Å². The molecule has 2 aliphatic rings. The summed E-state index contributed by atoms with van der Waals surface area (Å²) in [5.41, 5.74) is 2.05. The fourth-order valence-corrected chi connectivity index (χ4v) is 5.59. The second kappa shape index (κ2) is 10.6. The molecule has 1 amide bonds. The second-order valence-electron chi connectivity index (χ2n) is 10.1. The number of aromatic nitrogens is 6. The van der Waals surface area contributed by atoms with Gasteiger partial charge >= 0.3 is 6.18 Å². The summed E-state index contributed by atoms with van der Waals surface area (Å²) in [6.07, 6.45) is 0.120. The van der Waals surface area contributed by atoms with Crippen molar-refractivity contribution < 1.29 is 27.4 Å². The van der Waals surface area contributed by atoms with Crippen molar-refractivity contribution in [2.45, 2.75) is 57.9 Å². The largest absolute Gasteiger partial charge is 0.496 e. The maximum atomic E-state index is 13.4. The minimum absolute atomic E-state index is 0.0421. The van der Waals surface area contributed by atoms with Gasteiger partial charge in [-0.25, -0.2) is 19.6 Å². The number of hydrogen-bond donors (Lipinski definition) is 0. The molecule has 0 saturated heterocycles. The summed E-state index contributed by atoms with van der Waals surface area (Å²) < 4.78 is 54.5. The van der Waals surface area contributed by atoms with Gasteiger partial charge in [-0.2, -0.15) is 18.3 Å². The number of methoxy groups -OCH3 is 2. The number of ether oxygens (including phenoxy) is 2. The van der Waals surface area contributed by atoms with Crippen LogP contribution in [0.15, 0.2) is 30.7 Å². The molecule has 1 fully saturated rings. The lowest BCUT2D eigenvalue weighted by atomic mass is 10.1. The Morgan fingerprint density at radius 2 is 1.88 bits per heavy atom. The van der Waals surface area contributed by atoms with Gasteiger partial charge in [0, 0.05) is 31.1 Å². The van der Waals surface area contributed by atoms with Crippen molar-refractivity contribution in [1.29, 1.82) is 0 Å². The third-order valence-electron chi connectivity index (χ3n) is 7.43. The van der Waals surface area contributed by atoms with E-state index in [1.165, 1.54) is 18.0 Å². The number of alkyl halides is 3. The summed E-state index contributed by atoms with van der Waals surface area (Å²) in [6, 6.07) is 5.10. The fourth-order valence-electron chi connectivity index (χ4n) is 5.27. The number of fused-ring (bicyclic) bond motifs is 1. The maximum Gasteiger partial charge on any atom is 0.434 e. The topological polar surface area (TPSA) is 100 Å². The smallest absolute Gasteiger partial charge is 0.434 e. The molecule has 6 rings (SSSR count). The van der Waals surface area contributed by atoms with Crippen LogP contribution < -0.4 is 14.4 Å². The van der Waals surface area contributed by atoms with Crippen LogP contribution in [0.1, 0.15) is 49.1 Å². The van der Waals surface area contributed by atoms with Gasteiger partial charge in [0.05, 0.1) is 49.2 Å². The summed E-state index contributed by atoms with van der Waals surface area (Å²) >= 11 is 6.66. The number of imidazole rings is 1. The van der Waals surface area contributed by atoms with E-state index in [0.29, 0.717) is 35.4 Å². The highest BCUT2D eigenvalue weighted by Gasteiger charge is 2.36.